The number of nitro groups is 1. The molecule has 7 nitrogen and oxygen atoms in total. The van der Waals surface area contributed by atoms with Crippen LogP contribution in [0.3, 0.4) is 0 Å². The molecule has 3 rings (SSSR count). The molecule has 0 spiro atoms. The maximum Gasteiger partial charge on any atom is 0.269 e. The number of aliphatic imine (C=N–C) groups is 1. The molecule has 1 aliphatic rings. The van der Waals surface area contributed by atoms with Crippen molar-refractivity contribution in [1.82, 2.24) is 4.98 Å². The average Bonchev–Trinajstić information content (AvgIpc) is 3.25. The highest BCUT2D eigenvalue weighted by Gasteiger charge is 2.13. The van der Waals surface area contributed by atoms with Gasteiger partial charge in [0.05, 0.1) is 22.9 Å². The van der Waals surface area contributed by atoms with Crippen molar-refractivity contribution in [3.63, 3.8) is 0 Å². The number of nitro benzene ring substituents is 1. The van der Waals surface area contributed by atoms with Crippen molar-refractivity contribution in [1.29, 1.82) is 0 Å². The molecule has 2 heterocycles. The Hall–Kier alpha value is -1.91. The van der Waals surface area contributed by atoms with E-state index in [0.717, 1.165) is 22.2 Å². The lowest BCUT2D eigenvalue weighted by molar-refractivity contribution is -0.384. The smallest absolute Gasteiger partial charge is 0.269 e. The fraction of sp³-hybridized carbons (Fsp3) is 0.214. The van der Waals surface area contributed by atoms with E-state index < -0.39 is 4.92 Å². The number of rotatable bonds is 5. The first kappa shape index (κ1) is 16.9. The van der Waals surface area contributed by atoms with Gasteiger partial charge in [0.1, 0.15) is 4.38 Å². The summed E-state index contributed by atoms with van der Waals surface area (Å²) in [6.45, 7) is 0.819. The van der Waals surface area contributed by atoms with Crippen LogP contribution < -0.4 is 5.32 Å². The lowest BCUT2D eigenvalue weighted by Crippen LogP contribution is -2.14. The van der Waals surface area contributed by atoms with Gasteiger partial charge in [0.2, 0.25) is 5.91 Å². The summed E-state index contributed by atoms with van der Waals surface area (Å²) in [5.74, 6) is 1.16. The molecule has 0 fully saturated rings. The van der Waals surface area contributed by atoms with Crippen LogP contribution >= 0.6 is 34.9 Å². The zero-order chi connectivity index (χ0) is 16.9. The molecular formula is C14H12N4O3S3. The first-order valence-electron chi connectivity index (χ1n) is 6.92. The molecule has 24 heavy (non-hydrogen) atoms. The van der Waals surface area contributed by atoms with Crippen molar-refractivity contribution in [2.45, 2.75) is 0 Å². The molecule has 0 saturated heterocycles. The number of non-ortho nitro benzene ring substituents is 1. The third kappa shape index (κ3) is 4.34. The quantitative estimate of drug-likeness (QED) is 0.630. The molecule has 10 heteroatoms. The van der Waals surface area contributed by atoms with Gasteiger partial charge in [-0.1, -0.05) is 23.5 Å². The molecule has 1 amide bonds. The number of anilines is 1. The van der Waals surface area contributed by atoms with Gasteiger partial charge >= 0.3 is 0 Å². The number of thiazole rings is 1. The Bertz CT molecular complexity index is 789. The largest absolute Gasteiger partial charge is 0.301 e. The summed E-state index contributed by atoms with van der Waals surface area (Å²) in [5.41, 5.74) is 1.48. The van der Waals surface area contributed by atoms with Gasteiger partial charge in [-0.2, -0.15) is 0 Å². The van der Waals surface area contributed by atoms with E-state index in [-0.39, 0.29) is 11.6 Å². The van der Waals surface area contributed by atoms with Gasteiger partial charge in [0.25, 0.3) is 5.69 Å². The van der Waals surface area contributed by atoms with Gasteiger partial charge in [-0.15, -0.1) is 11.3 Å². The maximum absolute atomic E-state index is 11.9. The summed E-state index contributed by atoms with van der Waals surface area (Å²) in [5, 5.41) is 15.7. The number of nitrogens with one attached hydrogen (secondary N) is 1. The molecule has 0 aliphatic carbocycles. The molecule has 0 atom stereocenters. The Morgan fingerprint density at radius 3 is 2.83 bits per heavy atom. The summed E-state index contributed by atoms with van der Waals surface area (Å²) >= 11 is 4.42. The van der Waals surface area contributed by atoms with E-state index in [1.165, 1.54) is 35.2 Å². The summed E-state index contributed by atoms with van der Waals surface area (Å²) in [6.07, 6.45) is 0. The van der Waals surface area contributed by atoms with E-state index in [1.807, 2.05) is 0 Å². The zero-order valence-corrected chi connectivity index (χ0v) is 14.7. The third-order valence-electron chi connectivity index (χ3n) is 3.01. The van der Waals surface area contributed by atoms with Crippen LogP contribution in [0.5, 0.6) is 0 Å². The van der Waals surface area contributed by atoms with E-state index in [0.29, 0.717) is 16.6 Å². The molecular weight excluding hydrogens is 368 g/mol. The Labute approximate surface area is 150 Å². The molecule has 1 aromatic carbocycles. The lowest BCUT2D eigenvalue weighted by atomic mass is 10.1. The Balaban J connectivity index is 1.58. The van der Waals surface area contributed by atoms with Crippen LogP contribution in [0.4, 0.5) is 10.8 Å². The fourth-order valence-corrected chi connectivity index (χ4v) is 4.45. The Morgan fingerprint density at radius 1 is 1.38 bits per heavy atom. The summed E-state index contributed by atoms with van der Waals surface area (Å²) < 4.78 is 0.954. The molecule has 2 aromatic rings. The Morgan fingerprint density at radius 2 is 2.17 bits per heavy atom. The van der Waals surface area contributed by atoms with Gasteiger partial charge in [0.15, 0.2) is 5.13 Å². The normalized spacial score (nSPS) is 13.6. The SMILES string of the molecule is O=C(CSC1=NCCS1)Nc1nc(-c2ccc([N+](=O)[O-])cc2)cs1. The van der Waals surface area contributed by atoms with Gasteiger partial charge in [-0.3, -0.25) is 19.9 Å². The van der Waals surface area contributed by atoms with Crippen LogP contribution in [-0.4, -0.2) is 38.2 Å². The molecule has 124 valence electrons. The highest BCUT2D eigenvalue weighted by molar-refractivity contribution is 8.39. The minimum Gasteiger partial charge on any atom is -0.301 e. The lowest BCUT2D eigenvalue weighted by Gasteiger charge is -2.01. The standard InChI is InChI=1S/C14H12N4O3S3/c19-12(8-24-14-15-5-6-22-14)17-13-16-11(7-23-13)9-1-3-10(4-2-9)18(20)21/h1-4,7H,5-6,8H2,(H,16,17,19). The van der Waals surface area contributed by atoms with Crippen molar-refractivity contribution in [2.75, 3.05) is 23.4 Å². The second-order valence-corrected chi connectivity index (χ2v) is 7.84. The van der Waals surface area contributed by atoms with Gasteiger partial charge < -0.3 is 5.32 Å². The second kappa shape index (κ2) is 7.77. The maximum atomic E-state index is 11.9. The number of nitrogens with zero attached hydrogens (tertiary/aromatic N) is 3. The highest BCUT2D eigenvalue weighted by atomic mass is 32.2. The number of amides is 1. The molecule has 0 unspecified atom stereocenters. The van der Waals surface area contributed by atoms with Gasteiger partial charge in [-0.25, -0.2) is 4.98 Å². The molecule has 1 N–H and O–H groups in total. The van der Waals surface area contributed by atoms with Crippen LogP contribution in [0.15, 0.2) is 34.6 Å². The fourth-order valence-electron chi connectivity index (χ4n) is 1.90. The van der Waals surface area contributed by atoms with Crippen LogP contribution in [0.2, 0.25) is 0 Å². The third-order valence-corrected chi connectivity index (χ3v) is 6.02. The highest BCUT2D eigenvalue weighted by Crippen LogP contribution is 2.27. The predicted octanol–water partition coefficient (Wildman–Crippen LogP) is 3.49. The Kier molecular flexibility index (Phi) is 5.48. The number of aromatic nitrogens is 1. The second-order valence-electron chi connectivity index (χ2n) is 4.67. The van der Waals surface area contributed by atoms with E-state index >= 15 is 0 Å². The monoisotopic (exact) mass is 380 g/mol. The predicted molar refractivity (Wildman–Crippen MR) is 100 cm³/mol. The first-order chi connectivity index (χ1) is 11.6. The number of carbonyl (C=O) groups excluding carboxylic acids is 1. The van der Waals surface area contributed by atoms with Gasteiger partial charge in [-0.05, 0) is 12.1 Å². The minimum absolute atomic E-state index is 0.0345. The molecule has 1 aromatic heterocycles. The summed E-state index contributed by atoms with van der Waals surface area (Å²) in [6, 6.07) is 6.15. The number of thioether (sulfide) groups is 2. The summed E-state index contributed by atoms with van der Waals surface area (Å²) in [4.78, 5) is 30.8. The first-order valence-corrected chi connectivity index (χ1v) is 9.77. The van der Waals surface area contributed by atoms with Crippen molar-refractivity contribution in [2.24, 2.45) is 4.99 Å². The molecule has 0 bridgehead atoms. The number of carbonyl (C=O) groups is 1. The molecule has 1 aliphatic heterocycles. The molecule has 0 radical (unpaired) electrons. The number of benzene rings is 1. The van der Waals surface area contributed by atoms with Crippen molar-refractivity contribution >= 4 is 56.0 Å². The number of hydrogen-bond acceptors (Lipinski definition) is 8. The zero-order valence-electron chi connectivity index (χ0n) is 12.3. The van der Waals surface area contributed by atoms with Crippen molar-refractivity contribution in [3.05, 3.63) is 39.8 Å². The summed E-state index contributed by atoms with van der Waals surface area (Å²) in [7, 11) is 0. The van der Waals surface area contributed by atoms with Crippen LogP contribution in [0, 0.1) is 10.1 Å². The minimum atomic E-state index is -0.443. The van der Waals surface area contributed by atoms with Crippen LogP contribution in [0.1, 0.15) is 0 Å². The van der Waals surface area contributed by atoms with E-state index in [1.54, 1.807) is 29.3 Å². The van der Waals surface area contributed by atoms with Crippen molar-refractivity contribution in [3.8, 4) is 11.3 Å². The van der Waals surface area contributed by atoms with Gasteiger partial charge in [0, 0.05) is 28.8 Å². The topological polar surface area (TPSA) is 97.5 Å². The molecule has 0 saturated carbocycles. The van der Waals surface area contributed by atoms with E-state index in [2.05, 4.69) is 15.3 Å². The van der Waals surface area contributed by atoms with E-state index in [4.69, 9.17) is 0 Å². The van der Waals surface area contributed by atoms with Crippen molar-refractivity contribution < 1.29 is 9.72 Å². The van der Waals surface area contributed by atoms with Crippen LogP contribution in [0.25, 0.3) is 11.3 Å². The number of hydrogen-bond donors (Lipinski definition) is 1. The van der Waals surface area contributed by atoms with E-state index in [9.17, 15) is 14.9 Å². The van der Waals surface area contributed by atoms with Crippen LogP contribution in [-0.2, 0) is 4.79 Å². The average molecular weight is 380 g/mol.